The van der Waals surface area contributed by atoms with Crippen LogP contribution < -0.4 is 15.4 Å². The lowest BCUT2D eigenvalue weighted by atomic mass is 9.86. The van der Waals surface area contributed by atoms with Crippen LogP contribution in [0.25, 0.3) is 0 Å². The van der Waals surface area contributed by atoms with Gasteiger partial charge in [-0.2, -0.15) is 5.26 Å². The van der Waals surface area contributed by atoms with Crippen LogP contribution in [0, 0.1) is 11.3 Å². The summed E-state index contributed by atoms with van der Waals surface area (Å²) in [5.41, 5.74) is 3.86. The molecule has 9 nitrogen and oxygen atoms in total. The zero-order valence-electron chi connectivity index (χ0n) is 23.7. The number of ether oxygens (including phenoxy) is 1. The van der Waals surface area contributed by atoms with Crippen molar-refractivity contribution in [2.75, 3.05) is 31.5 Å². The van der Waals surface area contributed by atoms with Crippen molar-refractivity contribution >= 4 is 46.7 Å². The first kappa shape index (κ1) is 28.8. The minimum Gasteiger partial charge on any atom is -0.490 e. The van der Waals surface area contributed by atoms with E-state index in [9.17, 15) is 14.9 Å². The third-order valence-corrected chi connectivity index (χ3v) is 8.37. The van der Waals surface area contributed by atoms with Gasteiger partial charge in [0.1, 0.15) is 18.1 Å². The maximum atomic E-state index is 14.5. The molecule has 0 aliphatic carbocycles. The van der Waals surface area contributed by atoms with Gasteiger partial charge in [0.05, 0.1) is 35.4 Å². The fourth-order valence-electron chi connectivity index (χ4n) is 6.01. The largest absolute Gasteiger partial charge is 0.490 e. The van der Waals surface area contributed by atoms with E-state index in [0.717, 1.165) is 16.8 Å². The van der Waals surface area contributed by atoms with Crippen LogP contribution in [0.4, 0.5) is 10.5 Å². The predicted molar refractivity (Wildman–Crippen MR) is 166 cm³/mol. The van der Waals surface area contributed by atoms with Crippen LogP contribution in [0.3, 0.4) is 0 Å². The Morgan fingerprint density at radius 1 is 1.07 bits per heavy atom. The smallest absolute Gasteiger partial charge is 0.326 e. The molecular weight excluding hydrogens is 587 g/mol. The second-order valence-corrected chi connectivity index (χ2v) is 11.9. The van der Waals surface area contributed by atoms with Gasteiger partial charge in [-0.3, -0.25) is 14.7 Å². The summed E-state index contributed by atoms with van der Waals surface area (Å²) in [6.07, 6.45) is -0.192. The van der Waals surface area contributed by atoms with Gasteiger partial charge in [0.2, 0.25) is 5.91 Å². The van der Waals surface area contributed by atoms with Crippen molar-refractivity contribution in [3.05, 3.63) is 93.0 Å². The van der Waals surface area contributed by atoms with Gasteiger partial charge in [-0.05, 0) is 67.4 Å². The van der Waals surface area contributed by atoms with Crippen LogP contribution in [0.1, 0.15) is 48.1 Å². The van der Waals surface area contributed by atoms with E-state index in [4.69, 9.17) is 32.9 Å². The first-order valence-electron chi connectivity index (χ1n) is 14.2. The number of benzene rings is 3. The Kier molecular flexibility index (Phi) is 7.91. The average molecular weight is 618 g/mol. The zero-order chi connectivity index (χ0) is 30.2. The summed E-state index contributed by atoms with van der Waals surface area (Å²) in [6, 6.07) is 19.3. The number of fused-ring (bicyclic) bond motifs is 1. The van der Waals surface area contributed by atoms with Crippen molar-refractivity contribution in [1.82, 2.24) is 15.1 Å². The summed E-state index contributed by atoms with van der Waals surface area (Å²) >= 11 is 12.6. The van der Waals surface area contributed by atoms with E-state index in [1.54, 1.807) is 40.1 Å². The van der Waals surface area contributed by atoms with Gasteiger partial charge in [0, 0.05) is 41.3 Å². The van der Waals surface area contributed by atoms with Gasteiger partial charge in [0.25, 0.3) is 0 Å². The fourth-order valence-corrected chi connectivity index (χ4v) is 6.30. The van der Waals surface area contributed by atoms with Crippen molar-refractivity contribution in [3.8, 4) is 11.8 Å². The molecule has 3 aromatic rings. The highest BCUT2D eigenvalue weighted by molar-refractivity contribution is 6.31. The van der Waals surface area contributed by atoms with Crippen molar-refractivity contribution < 1.29 is 14.3 Å². The van der Waals surface area contributed by atoms with Gasteiger partial charge in [-0.25, -0.2) is 4.79 Å². The summed E-state index contributed by atoms with van der Waals surface area (Å²) in [6.45, 7) is 5.06. The Labute approximate surface area is 260 Å². The number of carbonyl (C=O) groups excluding carboxylic acids is 2. The third-order valence-electron chi connectivity index (χ3n) is 7.88. The molecule has 11 heteroatoms. The summed E-state index contributed by atoms with van der Waals surface area (Å²) in [4.78, 5) is 35.5. The maximum absolute atomic E-state index is 14.5. The molecule has 3 aromatic carbocycles. The molecule has 3 unspecified atom stereocenters. The van der Waals surface area contributed by atoms with E-state index in [0.29, 0.717) is 52.4 Å². The molecular formula is C32H30Cl2N6O3. The quantitative estimate of drug-likeness (QED) is 0.388. The number of nitrogens with zero attached hydrogens (tertiary/aromatic N) is 4. The Balaban J connectivity index is 1.54. The van der Waals surface area contributed by atoms with Crippen LogP contribution in [-0.4, -0.2) is 65.9 Å². The van der Waals surface area contributed by atoms with Crippen LogP contribution >= 0.6 is 23.2 Å². The maximum Gasteiger partial charge on any atom is 0.326 e. The molecule has 3 amide bonds. The Morgan fingerprint density at radius 3 is 2.56 bits per heavy atom. The normalized spacial score (nSPS) is 21.2. The molecule has 1 fully saturated rings. The number of aliphatic imine (C=N–C) groups is 1. The van der Waals surface area contributed by atoms with Gasteiger partial charge < -0.3 is 20.3 Å². The van der Waals surface area contributed by atoms with E-state index in [1.165, 1.54) is 0 Å². The second kappa shape index (κ2) is 11.8. The summed E-state index contributed by atoms with van der Waals surface area (Å²) in [5, 5.41) is 17.1. The number of nitriles is 1. The lowest BCUT2D eigenvalue weighted by molar-refractivity contribution is -0.123. The number of amidine groups is 1. The molecule has 3 heterocycles. The molecule has 0 aromatic heterocycles. The molecule has 0 bridgehead atoms. The first-order valence-corrected chi connectivity index (χ1v) is 14.9. The van der Waals surface area contributed by atoms with Crippen LogP contribution in [0.5, 0.6) is 5.75 Å². The Bertz CT molecular complexity index is 1650. The summed E-state index contributed by atoms with van der Waals surface area (Å²) in [5.74, 6) is 0.556. The predicted octanol–water partition coefficient (Wildman–Crippen LogP) is 5.59. The van der Waals surface area contributed by atoms with Gasteiger partial charge >= 0.3 is 6.03 Å². The molecule has 3 atom stereocenters. The number of amides is 3. The van der Waals surface area contributed by atoms with E-state index >= 15 is 0 Å². The zero-order valence-corrected chi connectivity index (χ0v) is 25.2. The van der Waals surface area contributed by atoms with Crippen LogP contribution in [0.15, 0.2) is 65.7 Å². The number of hydrogen-bond donors (Lipinski definition) is 2. The minimum atomic E-state index is -0.527. The molecule has 6 rings (SSSR count). The van der Waals surface area contributed by atoms with Crippen molar-refractivity contribution in [1.29, 1.82) is 5.26 Å². The third kappa shape index (κ3) is 5.61. The number of nitrogens with one attached hydrogen (secondary N) is 2. The SMILES string of the molecule is CC(C)Oc1cc(C#N)ccc1C1=NC(C2CNc3cc(Cl)ccc32)C(c2ccc(Cl)cc2)N1C(=O)N1CCNC(=O)C1. The number of urea groups is 1. The first-order chi connectivity index (χ1) is 20.7. The lowest BCUT2D eigenvalue weighted by Crippen LogP contribution is -2.55. The highest BCUT2D eigenvalue weighted by Gasteiger charge is 2.48. The molecule has 220 valence electrons. The summed E-state index contributed by atoms with van der Waals surface area (Å²) in [7, 11) is 0. The lowest BCUT2D eigenvalue weighted by Gasteiger charge is -2.36. The molecule has 0 spiro atoms. The monoisotopic (exact) mass is 616 g/mol. The second-order valence-electron chi connectivity index (χ2n) is 11.1. The van der Waals surface area contributed by atoms with Crippen molar-refractivity contribution in [2.45, 2.75) is 38.0 Å². The number of piperazine rings is 1. The Morgan fingerprint density at radius 2 is 1.84 bits per heavy atom. The molecule has 3 aliphatic rings. The molecule has 43 heavy (non-hydrogen) atoms. The molecule has 0 radical (unpaired) electrons. The van der Waals surface area contributed by atoms with E-state index in [-0.39, 0.29) is 30.5 Å². The summed E-state index contributed by atoms with van der Waals surface area (Å²) < 4.78 is 6.19. The van der Waals surface area contributed by atoms with Crippen LogP contribution in [0.2, 0.25) is 10.0 Å². The number of hydrogen-bond acceptors (Lipinski definition) is 6. The van der Waals surface area contributed by atoms with E-state index < -0.39 is 12.1 Å². The Hall–Kier alpha value is -4.26. The molecule has 2 N–H and O–H groups in total. The van der Waals surface area contributed by atoms with Crippen LogP contribution in [-0.2, 0) is 4.79 Å². The molecule has 1 saturated heterocycles. The van der Waals surface area contributed by atoms with Gasteiger partial charge in [0.15, 0.2) is 0 Å². The average Bonchev–Trinajstić information content (AvgIpc) is 3.58. The minimum absolute atomic E-state index is 0.0599. The highest BCUT2D eigenvalue weighted by Crippen LogP contribution is 2.47. The van der Waals surface area contributed by atoms with Gasteiger partial charge in [-0.15, -0.1) is 0 Å². The van der Waals surface area contributed by atoms with Crippen molar-refractivity contribution in [3.63, 3.8) is 0 Å². The van der Waals surface area contributed by atoms with Crippen molar-refractivity contribution in [2.24, 2.45) is 4.99 Å². The van der Waals surface area contributed by atoms with Gasteiger partial charge in [-0.1, -0.05) is 41.4 Å². The standard InChI is InChI=1S/C32H30Cl2N6O3/c1-18(2)43-27-13-19(15-35)3-9-24(27)31-38-29(25-16-37-26-14-22(34)8-10-23(25)26)30(20-4-6-21(33)7-5-20)40(31)32(42)39-12-11-36-28(41)17-39/h3-10,13-14,18,25,29-30,37H,11-12,16-17H2,1-2H3,(H,36,41). The molecule has 0 saturated carbocycles. The van der Waals surface area contributed by atoms with E-state index in [2.05, 4.69) is 16.7 Å². The number of rotatable bonds is 5. The topological polar surface area (TPSA) is 110 Å². The number of carbonyl (C=O) groups is 2. The molecule has 3 aliphatic heterocycles. The number of halogens is 2. The highest BCUT2D eigenvalue weighted by atomic mass is 35.5. The van der Waals surface area contributed by atoms with E-state index in [1.807, 2.05) is 44.2 Å². The fraction of sp³-hybridized carbons (Fsp3) is 0.312. The number of anilines is 1.